The van der Waals surface area contributed by atoms with Crippen LogP contribution in [0.4, 0.5) is 5.13 Å². The van der Waals surface area contributed by atoms with Gasteiger partial charge in [-0.15, -0.1) is 23.1 Å². The number of rotatable bonds is 6. The van der Waals surface area contributed by atoms with Crippen LogP contribution in [0.2, 0.25) is 0 Å². The number of nitrogens with one attached hydrogen (secondary N) is 1. The average Bonchev–Trinajstić information content (AvgIpc) is 2.83. The molecule has 0 bridgehead atoms. The average molecular weight is 293 g/mol. The Bertz CT molecular complexity index is 508. The number of nitrogen functional groups attached to an aromatic ring is 1. The molecule has 1 atom stereocenters. The standard InChI is InChI=1S/C14H19N3S2/c1-3-18-12-6-4-11(5-7-12)10(2)16-8-13-9-17-14(15)19-13/h4-7,9-10,16H,3,8H2,1-2H3,(H2,15,17). The van der Waals surface area contributed by atoms with Crippen molar-refractivity contribution >= 4 is 28.2 Å². The summed E-state index contributed by atoms with van der Waals surface area (Å²) < 4.78 is 0. The monoisotopic (exact) mass is 293 g/mol. The maximum atomic E-state index is 5.62. The molecule has 0 aliphatic carbocycles. The maximum absolute atomic E-state index is 5.62. The van der Waals surface area contributed by atoms with Gasteiger partial charge in [0.25, 0.3) is 0 Å². The minimum absolute atomic E-state index is 0.323. The second kappa shape index (κ2) is 6.93. The van der Waals surface area contributed by atoms with E-state index >= 15 is 0 Å². The predicted octanol–water partition coefficient (Wildman–Crippen LogP) is 3.69. The predicted molar refractivity (Wildman–Crippen MR) is 84.6 cm³/mol. The van der Waals surface area contributed by atoms with Crippen molar-refractivity contribution in [2.24, 2.45) is 0 Å². The van der Waals surface area contributed by atoms with Crippen LogP contribution in [0, 0.1) is 0 Å². The van der Waals surface area contributed by atoms with Crippen molar-refractivity contribution in [3.8, 4) is 0 Å². The molecule has 0 fully saturated rings. The Labute approximate surface area is 122 Å². The molecule has 0 saturated heterocycles. The molecule has 3 N–H and O–H groups in total. The van der Waals surface area contributed by atoms with Crippen molar-refractivity contribution in [2.45, 2.75) is 31.3 Å². The zero-order chi connectivity index (χ0) is 13.7. The largest absolute Gasteiger partial charge is 0.375 e. The number of nitrogens with two attached hydrogens (primary N) is 1. The summed E-state index contributed by atoms with van der Waals surface area (Å²) in [5.74, 6) is 1.11. The van der Waals surface area contributed by atoms with Crippen molar-refractivity contribution in [3.63, 3.8) is 0 Å². The fourth-order valence-electron chi connectivity index (χ4n) is 1.80. The molecule has 0 radical (unpaired) electrons. The summed E-state index contributed by atoms with van der Waals surface area (Å²) >= 11 is 3.40. The van der Waals surface area contributed by atoms with Gasteiger partial charge in [-0.1, -0.05) is 19.1 Å². The molecule has 19 heavy (non-hydrogen) atoms. The third kappa shape index (κ3) is 4.23. The highest BCUT2D eigenvalue weighted by Gasteiger charge is 2.06. The van der Waals surface area contributed by atoms with Gasteiger partial charge in [0.1, 0.15) is 0 Å². The zero-order valence-corrected chi connectivity index (χ0v) is 12.9. The quantitative estimate of drug-likeness (QED) is 0.798. The lowest BCUT2D eigenvalue weighted by molar-refractivity contribution is 0.578. The van der Waals surface area contributed by atoms with E-state index in [1.165, 1.54) is 26.7 Å². The molecule has 0 aliphatic rings. The molecular weight excluding hydrogens is 274 g/mol. The van der Waals surface area contributed by atoms with Gasteiger partial charge in [0.05, 0.1) is 0 Å². The van der Waals surface area contributed by atoms with Gasteiger partial charge >= 0.3 is 0 Å². The highest BCUT2D eigenvalue weighted by atomic mass is 32.2. The first-order valence-electron chi connectivity index (χ1n) is 6.35. The Morgan fingerprint density at radius 3 is 2.68 bits per heavy atom. The summed E-state index contributed by atoms with van der Waals surface area (Å²) in [5, 5.41) is 4.12. The summed E-state index contributed by atoms with van der Waals surface area (Å²) in [7, 11) is 0. The highest BCUT2D eigenvalue weighted by Crippen LogP contribution is 2.21. The Kier molecular flexibility index (Phi) is 5.24. The van der Waals surface area contributed by atoms with Gasteiger partial charge in [-0.3, -0.25) is 0 Å². The number of thiazole rings is 1. The second-order valence-electron chi connectivity index (χ2n) is 4.27. The molecular formula is C14H19N3S2. The molecule has 0 spiro atoms. The van der Waals surface area contributed by atoms with Gasteiger partial charge in [-0.2, -0.15) is 0 Å². The van der Waals surface area contributed by atoms with Gasteiger partial charge in [0, 0.05) is 28.6 Å². The number of benzene rings is 1. The van der Waals surface area contributed by atoms with Crippen LogP contribution in [-0.4, -0.2) is 10.7 Å². The first-order chi connectivity index (χ1) is 9.19. The van der Waals surface area contributed by atoms with Gasteiger partial charge in [0.2, 0.25) is 0 Å². The number of hydrogen-bond donors (Lipinski definition) is 2. The maximum Gasteiger partial charge on any atom is 0.180 e. The molecule has 1 heterocycles. The lowest BCUT2D eigenvalue weighted by Crippen LogP contribution is -2.17. The molecule has 1 aromatic carbocycles. The van der Waals surface area contributed by atoms with E-state index in [2.05, 4.69) is 48.4 Å². The first-order valence-corrected chi connectivity index (χ1v) is 8.15. The third-order valence-electron chi connectivity index (χ3n) is 2.85. The number of nitrogens with zero attached hydrogens (tertiary/aromatic N) is 1. The normalized spacial score (nSPS) is 12.5. The van der Waals surface area contributed by atoms with Crippen LogP contribution in [0.1, 0.15) is 30.3 Å². The van der Waals surface area contributed by atoms with Crippen molar-refractivity contribution in [1.82, 2.24) is 10.3 Å². The Morgan fingerprint density at radius 2 is 2.11 bits per heavy atom. The molecule has 0 aliphatic heterocycles. The number of thioether (sulfide) groups is 1. The van der Waals surface area contributed by atoms with Gasteiger partial charge in [-0.05, 0) is 30.4 Å². The van der Waals surface area contributed by atoms with Crippen LogP contribution in [0.25, 0.3) is 0 Å². The molecule has 5 heteroatoms. The van der Waals surface area contributed by atoms with Crippen molar-refractivity contribution in [2.75, 3.05) is 11.5 Å². The number of hydrogen-bond acceptors (Lipinski definition) is 5. The Balaban J connectivity index is 1.90. The molecule has 0 amide bonds. The van der Waals surface area contributed by atoms with E-state index in [4.69, 9.17) is 5.73 Å². The minimum atomic E-state index is 0.323. The highest BCUT2D eigenvalue weighted by molar-refractivity contribution is 7.99. The number of anilines is 1. The molecule has 1 unspecified atom stereocenters. The van der Waals surface area contributed by atoms with Crippen LogP contribution in [-0.2, 0) is 6.54 Å². The molecule has 2 aromatic rings. The van der Waals surface area contributed by atoms with E-state index in [0.717, 1.165) is 12.3 Å². The molecule has 1 aromatic heterocycles. The van der Waals surface area contributed by atoms with E-state index in [1.807, 2.05) is 18.0 Å². The van der Waals surface area contributed by atoms with E-state index in [0.29, 0.717) is 11.2 Å². The smallest absolute Gasteiger partial charge is 0.180 e. The van der Waals surface area contributed by atoms with Crippen LogP contribution in [0.15, 0.2) is 35.4 Å². The van der Waals surface area contributed by atoms with Crippen LogP contribution in [0.3, 0.4) is 0 Å². The van der Waals surface area contributed by atoms with E-state index in [-0.39, 0.29) is 0 Å². The van der Waals surface area contributed by atoms with E-state index in [9.17, 15) is 0 Å². The second-order valence-corrected chi connectivity index (χ2v) is 6.75. The van der Waals surface area contributed by atoms with Gasteiger partial charge in [0.15, 0.2) is 5.13 Å². The van der Waals surface area contributed by atoms with Crippen molar-refractivity contribution in [3.05, 3.63) is 40.9 Å². The molecule has 3 nitrogen and oxygen atoms in total. The van der Waals surface area contributed by atoms with E-state index in [1.54, 1.807) is 0 Å². The van der Waals surface area contributed by atoms with Crippen LogP contribution >= 0.6 is 23.1 Å². The summed E-state index contributed by atoms with van der Waals surface area (Å²) in [6.45, 7) is 5.15. The van der Waals surface area contributed by atoms with Gasteiger partial charge < -0.3 is 11.1 Å². The van der Waals surface area contributed by atoms with Gasteiger partial charge in [-0.25, -0.2) is 4.98 Å². The van der Waals surface area contributed by atoms with Crippen molar-refractivity contribution in [1.29, 1.82) is 0 Å². The zero-order valence-electron chi connectivity index (χ0n) is 11.2. The van der Waals surface area contributed by atoms with Crippen molar-refractivity contribution < 1.29 is 0 Å². The molecule has 102 valence electrons. The fourth-order valence-corrected chi connectivity index (χ4v) is 3.09. The first kappa shape index (κ1) is 14.4. The summed E-state index contributed by atoms with van der Waals surface area (Å²) in [6.07, 6.45) is 1.83. The summed E-state index contributed by atoms with van der Waals surface area (Å²) in [4.78, 5) is 6.55. The summed E-state index contributed by atoms with van der Waals surface area (Å²) in [5.41, 5.74) is 6.92. The van der Waals surface area contributed by atoms with Crippen LogP contribution in [0.5, 0.6) is 0 Å². The fraction of sp³-hybridized carbons (Fsp3) is 0.357. The molecule has 0 saturated carbocycles. The Morgan fingerprint density at radius 1 is 1.37 bits per heavy atom. The Hall–Kier alpha value is -1.04. The third-order valence-corrected chi connectivity index (χ3v) is 4.57. The SMILES string of the molecule is CCSc1ccc(C(C)NCc2cnc(N)s2)cc1. The van der Waals surface area contributed by atoms with Crippen LogP contribution < -0.4 is 11.1 Å². The summed E-state index contributed by atoms with van der Waals surface area (Å²) in [6, 6.07) is 9.08. The molecule has 2 rings (SSSR count). The lowest BCUT2D eigenvalue weighted by atomic mass is 10.1. The lowest BCUT2D eigenvalue weighted by Gasteiger charge is -2.13. The minimum Gasteiger partial charge on any atom is -0.375 e. The van der Waals surface area contributed by atoms with E-state index < -0.39 is 0 Å². The topological polar surface area (TPSA) is 50.9 Å². The number of aromatic nitrogens is 1.